The molecule has 144 valence electrons. The molecule has 0 aliphatic rings. The van der Waals surface area contributed by atoms with Gasteiger partial charge >= 0.3 is 0 Å². The highest BCUT2D eigenvalue weighted by molar-refractivity contribution is 7.99. The van der Waals surface area contributed by atoms with Crippen LogP contribution in [0.1, 0.15) is 28.8 Å². The van der Waals surface area contributed by atoms with Gasteiger partial charge in [0.1, 0.15) is 6.33 Å². The van der Waals surface area contributed by atoms with E-state index in [2.05, 4.69) is 15.5 Å². The lowest BCUT2D eigenvalue weighted by molar-refractivity contribution is -0.387. The van der Waals surface area contributed by atoms with E-state index in [0.717, 1.165) is 17.3 Å². The summed E-state index contributed by atoms with van der Waals surface area (Å²) in [5, 5.41) is 22.5. The SMILES string of the molecule is CC(CNC(=O)c1ccc(Sc2nncn2C)c([N+](=O)[O-])c1)c1ccccc1. The summed E-state index contributed by atoms with van der Waals surface area (Å²) < 4.78 is 1.67. The van der Waals surface area contributed by atoms with Crippen molar-refractivity contribution in [2.24, 2.45) is 7.05 Å². The topological polar surface area (TPSA) is 103 Å². The van der Waals surface area contributed by atoms with Crippen LogP contribution in [0.15, 0.2) is 64.9 Å². The van der Waals surface area contributed by atoms with E-state index in [1.807, 2.05) is 37.3 Å². The molecule has 1 amide bonds. The molecule has 1 N–H and O–H groups in total. The Bertz CT molecular complexity index is 990. The number of hydrogen-bond acceptors (Lipinski definition) is 6. The van der Waals surface area contributed by atoms with Crippen molar-refractivity contribution >= 4 is 23.4 Å². The maximum Gasteiger partial charge on any atom is 0.284 e. The zero-order chi connectivity index (χ0) is 20.1. The van der Waals surface area contributed by atoms with E-state index in [9.17, 15) is 14.9 Å². The standard InChI is InChI=1S/C19H19N5O3S/c1-13(14-6-4-3-5-7-14)11-20-18(25)15-8-9-17(16(10-15)24(26)27)28-19-22-21-12-23(19)2/h3-10,12-13H,11H2,1-2H3,(H,20,25). The smallest absolute Gasteiger partial charge is 0.284 e. The molecule has 2 aromatic carbocycles. The van der Waals surface area contributed by atoms with Crippen LogP contribution >= 0.6 is 11.8 Å². The lowest BCUT2D eigenvalue weighted by atomic mass is 10.0. The van der Waals surface area contributed by atoms with Gasteiger partial charge in [-0.25, -0.2) is 0 Å². The molecule has 1 aromatic heterocycles. The number of nitrogens with one attached hydrogen (secondary N) is 1. The number of benzene rings is 2. The summed E-state index contributed by atoms with van der Waals surface area (Å²) >= 11 is 1.13. The maximum atomic E-state index is 12.5. The average Bonchev–Trinajstić information content (AvgIpc) is 3.11. The average molecular weight is 397 g/mol. The van der Waals surface area contributed by atoms with Crippen molar-refractivity contribution in [1.82, 2.24) is 20.1 Å². The minimum absolute atomic E-state index is 0.130. The second-order valence-electron chi connectivity index (χ2n) is 6.29. The third-order valence-corrected chi connectivity index (χ3v) is 5.34. The van der Waals surface area contributed by atoms with Crippen molar-refractivity contribution in [3.05, 3.63) is 76.1 Å². The van der Waals surface area contributed by atoms with Crippen LogP contribution in [0, 0.1) is 10.1 Å². The molecule has 3 rings (SSSR count). The van der Waals surface area contributed by atoms with Crippen molar-refractivity contribution in [1.29, 1.82) is 0 Å². The van der Waals surface area contributed by atoms with Crippen molar-refractivity contribution in [3.8, 4) is 0 Å². The van der Waals surface area contributed by atoms with Crippen LogP contribution in [0.4, 0.5) is 5.69 Å². The highest BCUT2D eigenvalue weighted by Gasteiger charge is 2.20. The number of nitro groups is 1. The second kappa shape index (κ2) is 8.66. The molecule has 0 aliphatic heterocycles. The quantitative estimate of drug-likeness (QED) is 0.484. The van der Waals surface area contributed by atoms with Gasteiger partial charge in [-0.05, 0) is 35.4 Å². The van der Waals surface area contributed by atoms with Crippen molar-refractivity contribution in [3.63, 3.8) is 0 Å². The van der Waals surface area contributed by atoms with Gasteiger partial charge in [-0.3, -0.25) is 14.9 Å². The van der Waals surface area contributed by atoms with E-state index in [4.69, 9.17) is 0 Å². The largest absolute Gasteiger partial charge is 0.351 e. The van der Waals surface area contributed by atoms with Gasteiger partial charge in [-0.1, -0.05) is 37.3 Å². The Labute approximate surface area is 166 Å². The summed E-state index contributed by atoms with van der Waals surface area (Å²) in [6.45, 7) is 2.45. The van der Waals surface area contributed by atoms with E-state index in [1.54, 1.807) is 23.7 Å². The molecule has 0 saturated heterocycles. The normalized spacial score (nSPS) is 11.8. The van der Waals surface area contributed by atoms with Crippen LogP contribution in [-0.2, 0) is 7.05 Å². The number of amides is 1. The molecule has 0 fully saturated rings. The van der Waals surface area contributed by atoms with E-state index < -0.39 is 4.92 Å². The van der Waals surface area contributed by atoms with Gasteiger partial charge in [-0.2, -0.15) is 0 Å². The number of aryl methyl sites for hydroxylation is 1. The number of nitro benzene ring substituents is 1. The van der Waals surface area contributed by atoms with Crippen molar-refractivity contribution in [2.45, 2.75) is 22.9 Å². The fraction of sp³-hybridized carbons (Fsp3) is 0.211. The van der Waals surface area contributed by atoms with Crippen LogP contribution in [0.25, 0.3) is 0 Å². The van der Waals surface area contributed by atoms with Crippen LogP contribution in [0.2, 0.25) is 0 Å². The third kappa shape index (κ3) is 4.55. The summed E-state index contributed by atoms with van der Waals surface area (Å²) in [6, 6.07) is 14.3. The summed E-state index contributed by atoms with van der Waals surface area (Å²) in [4.78, 5) is 23.8. The summed E-state index contributed by atoms with van der Waals surface area (Å²) in [7, 11) is 1.75. The Morgan fingerprint density at radius 1 is 1.29 bits per heavy atom. The lowest BCUT2D eigenvalue weighted by Crippen LogP contribution is -2.27. The molecular weight excluding hydrogens is 378 g/mol. The van der Waals surface area contributed by atoms with Crippen LogP contribution < -0.4 is 5.32 Å². The highest BCUT2D eigenvalue weighted by atomic mass is 32.2. The minimum Gasteiger partial charge on any atom is -0.351 e. The maximum absolute atomic E-state index is 12.5. The van der Waals surface area contributed by atoms with Gasteiger partial charge in [-0.15, -0.1) is 10.2 Å². The number of aromatic nitrogens is 3. The monoisotopic (exact) mass is 397 g/mol. The molecule has 1 atom stereocenters. The van der Waals surface area contributed by atoms with Gasteiger partial charge in [0, 0.05) is 25.2 Å². The molecule has 1 heterocycles. The second-order valence-corrected chi connectivity index (χ2v) is 7.30. The Morgan fingerprint density at radius 3 is 2.68 bits per heavy atom. The van der Waals surface area contributed by atoms with Crippen LogP contribution in [0.5, 0.6) is 0 Å². The highest BCUT2D eigenvalue weighted by Crippen LogP contribution is 2.34. The minimum atomic E-state index is -0.498. The number of rotatable bonds is 7. The van der Waals surface area contributed by atoms with Gasteiger partial charge in [0.15, 0.2) is 5.16 Å². The first-order chi connectivity index (χ1) is 13.5. The third-order valence-electron chi connectivity index (χ3n) is 4.23. The van der Waals surface area contributed by atoms with Gasteiger partial charge in [0.05, 0.1) is 9.82 Å². The van der Waals surface area contributed by atoms with Crippen LogP contribution in [-0.4, -0.2) is 32.1 Å². The molecule has 0 bridgehead atoms. The van der Waals surface area contributed by atoms with E-state index in [0.29, 0.717) is 16.6 Å². The molecule has 0 saturated carbocycles. The molecule has 0 aliphatic carbocycles. The van der Waals surface area contributed by atoms with Gasteiger partial charge in [0.2, 0.25) is 0 Å². The molecule has 3 aromatic rings. The Hall–Kier alpha value is -3.20. The molecule has 28 heavy (non-hydrogen) atoms. The molecule has 0 radical (unpaired) electrons. The molecule has 8 nitrogen and oxygen atoms in total. The predicted octanol–water partition coefficient (Wildman–Crippen LogP) is 3.41. The fourth-order valence-corrected chi connectivity index (χ4v) is 3.45. The Morgan fingerprint density at radius 2 is 2.04 bits per heavy atom. The molecular formula is C19H19N5O3S. The number of carbonyl (C=O) groups is 1. The van der Waals surface area contributed by atoms with E-state index >= 15 is 0 Å². The molecule has 0 spiro atoms. The first-order valence-electron chi connectivity index (χ1n) is 8.59. The van der Waals surface area contributed by atoms with Crippen molar-refractivity contribution in [2.75, 3.05) is 6.54 Å². The Kier molecular flexibility index (Phi) is 6.05. The van der Waals surface area contributed by atoms with E-state index in [1.165, 1.54) is 12.4 Å². The fourth-order valence-electron chi connectivity index (χ4n) is 2.60. The summed E-state index contributed by atoms with van der Waals surface area (Å²) in [6.07, 6.45) is 1.52. The number of nitrogens with zero attached hydrogens (tertiary/aromatic N) is 4. The summed E-state index contributed by atoms with van der Waals surface area (Å²) in [5.41, 5.74) is 1.22. The zero-order valence-corrected chi connectivity index (χ0v) is 16.2. The van der Waals surface area contributed by atoms with E-state index in [-0.39, 0.29) is 23.1 Å². The van der Waals surface area contributed by atoms with Crippen molar-refractivity contribution < 1.29 is 9.72 Å². The number of carbonyl (C=O) groups excluding carboxylic acids is 1. The number of hydrogen-bond donors (Lipinski definition) is 1. The van der Waals surface area contributed by atoms with Crippen LogP contribution in [0.3, 0.4) is 0 Å². The molecule has 9 heteroatoms. The lowest BCUT2D eigenvalue weighted by Gasteiger charge is -2.13. The first kappa shape index (κ1) is 19.6. The predicted molar refractivity (Wildman–Crippen MR) is 105 cm³/mol. The first-order valence-corrected chi connectivity index (χ1v) is 9.40. The zero-order valence-electron chi connectivity index (χ0n) is 15.4. The van der Waals surface area contributed by atoms with Gasteiger partial charge < -0.3 is 9.88 Å². The molecule has 1 unspecified atom stereocenters. The van der Waals surface area contributed by atoms with Gasteiger partial charge in [0.25, 0.3) is 11.6 Å². The Balaban J connectivity index is 1.73. The summed E-state index contributed by atoms with van der Waals surface area (Å²) in [5.74, 6) is -0.216.